The van der Waals surface area contributed by atoms with Crippen molar-refractivity contribution in [3.8, 4) is 0 Å². The van der Waals surface area contributed by atoms with Crippen LogP contribution in [0, 0.1) is 5.92 Å². The van der Waals surface area contributed by atoms with Gasteiger partial charge in [-0.05, 0) is 96.4 Å². The maximum absolute atomic E-state index is 10.7. The van der Waals surface area contributed by atoms with Crippen molar-refractivity contribution in [1.29, 1.82) is 0 Å². The Hall–Kier alpha value is -4.87. The second kappa shape index (κ2) is 20.0. The van der Waals surface area contributed by atoms with Crippen LogP contribution in [0.5, 0.6) is 0 Å². The standard InChI is InChI=1S/C42H53N4.CHF3O3S/c1-9-10-11-14-32-46(8)42-19-13-12-16-41(42)40(35-24-30-38(31-25-35)45(6)7)18-15-17-39(33-20-26-36(27-21-33)43(2)3)34-22-28-37(29-23-34)44(4)5;2-1(3,4)8(5,6)7/h12-13,15-31H,9-11,14,32H2,1-8H3;(H,5,6,7)/q+1;/p-1. The molecule has 0 saturated carbocycles. The van der Waals surface area contributed by atoms with Gasteiger partial charge in [0.1, 0.15) is 0 Å². The molecule has 0 N–H and O–H groups in total. The molecule has 0 aliphatic heterocycles. The molecule has 0 spiro atoms. The van der Waals surface area contributed by atoms with E-state index in [2.05, 4.69) is 191 Å². The zero-order chi connectivity index (χ0) is 40.1. The molecule has 290 valence electrons. The second-order valence-corrected chi connectivity index (χ2v) is 14.9. The van der Waals surface area contributed by atoms with Gasteiger partial charge in [-0.15, -0.1) is 0 Å². The summed E-state index contributed by atoms with van der Waals surface area (Å²) in [6.07, 6.45) is 11.8. The van der Waals surface area contributed by atoms with E-state index in [1.165, 1.54) is 82.2 Å². The Labute approximate surface area is 320 Å². The summed E-state index contributed by atoms with van der Waals surface area (Å²) in [7, 11) is 8.64. The molecule has 0 unspecified atom stereocenters. The molecule has 54 heavy (non-hydrogen) atoms. The normalized spacial score (nSPS) is 11.9. The van der Waals surface area contributed by atoms with Crippen molar-refractivity contribution in [3.05, 3.63) is 143 Å². The summed E-state index contributed by atoms with van der Waals surface area (Å²) in [6.45, 7) is 3.31. The lowest BCUT2D eigenvalue weighted by Gasteiger charge is -2.24. The molecule has 0 aromatic heterocycles. The van der Waals surface area contributed by atoms with Crippen LogP contribution in [0.3, 0.4) is 0 Å². The van der Waals surface area contributed by atoms with Crippen LogP contribution in [0.1, 0.15) is 54.9 Å². The minimum Gasteiger partial charge on any atom is -0.741 e. The van der Waals surface area contributed by atoms with Crippen LogP contribution in [0.2, 0.25) is 0 Å². The molecule has 0 bridgehead atoms. The Morgan fingerprint density at radius 3 is 1.56 bits per heavy atom. The fourth-order valence-corrected chi connectivity index (χ4v) is 5.69. The van der Waals surface area contributed by atoms with E-state index in [0.717, 1.165) is 6.54 Å². The van der Waals surface area contributed by atoms with Crippen LogP contribution in [-0.4, -0.2) is 74.4 Å². The first kappa shape index (κ1) is 43.5. The van der Waals surface area contributed by atoms with Gasteiger partial charge in [-0.3, -0.25) is 0 Å². The number of anilines is 4. The van der Waals surface area contributed by atoms with Gasteiger partial charge in [-0.2, -0.15) is 13.2 Å². The molecule has 0 radical (unpaired) electrons. The molecule has 4 aromatic rings. The highest BCUT2D eigenvalue weighted by molar-refractivity contribution is 7.86. The topological polar surface area (TPSA) is 70.2 Å². The van der Waals surface area contributed by atoms with Gasteiger partial charge in [0.05, 0.1) is 17.0 Å². The first-order valence-electron chi connectivity index (χ1n) is 17.9. The molecule has 4 aromatic carbocycles. The highest BCUT2D eigenvalue weighted by atomic mass is 32.2. The lowest BCUT2D eigenvalue weighted by molar-refractivity contribution is -0.0517. The summed E-state index contributed by atoms with van der Waals surface area (Å²) in [5.41, 5.74) is 5.23. The van der Waals surface area contributed by atoms with Crippen LogP contribution in [0.25, 0.3) is 5.57 Å². The van der Waals surface area contributed by atoms with E-state index in [1.54, 1.807) is 0 Å². The summed E-state index contributed by atoms with van der Waals surface area (Å²) >= 11 is 0. The van der Waals surface area contributed by atoms with Crippen molar-refractivity contribution < 1.29 is 26.1 Å². The van der Waals surface area contributed by atoms with Crippen LogP contribution in [-0.2, 0) is 10.1 Å². The number of para-hydroxylation sites is 1. The molecule has 0 heterocycles. The molecule has 0 atom stereocenters. The van der Waals surface area contributed by atoms with Crippen molar-refractivity contribution in [2.75, 3.05) is 75.5 Å². The minimum atomic E-state index is -6.09. The van der Waals surface area contributed by atoms with E-state index in [9.17, 15) is 13.2 Å². The largest absolute Gasteiger partial charge is 0.741 e. The van der Waals surface area contributed by atoms with Crippen LogP contribution in [0.4, 0.5) is 35.9 Å². The van der Waals surface area contributed by atoms with Crippen molar-refractivity contribution in [3.63, 3.8) is 0 Å². The molecule has 11 heteroatoms. The predicted molar refractivity (Wildman–Crippen MR) is 220 cm³/mol. The van der Waals surface area contributed by atoms with Crippen LogP contribution >= 0.6 is 0 Å². The van der Waals surface area contributed by atoms with E-state index in [-0.39, 0.29) is 0 Å². The SMILES string of the molecule is CCCCCCN(C)c1ccccc1C(=CC=C[C+](c1ccc(N(C)C)cc1)c1ccc(N(C)C)cc1)c1ccc(N(C)C)cc1.O=S(=O)([O-])C(F)(F)F. The molecular formula is C43H53F3N4O3S. The highest BCUT2D eigenvalue weighted by Gasteiger charge is 2.37. The van der Waals surface area contributed by atoms with E-state index < -0.39 is 15.6 Å². The minimum absolute atomic E-state index is 1.05. The fourth-order valence-electron chi connectivity index (χ4n) is 5.69. The van der Waals surface area contributed by atoms with Crippen molar-refractivity contribution in [2.24, 2.45) is 0 Å². The maximum atomic E-state index is 10.7. The Kier molecular flexibility index (Phi) is 16.1. The Morgan fingerprint density at radius 1 is 0.685 bits per heavy atom. The fraction of sp³-hybridized carbons (Fsp3) is 0.326. The monoisotopic (exact) mass is 762 g/mol. The quantitative estimate of drug-likeness (QED) is 0.0393. The van der Waals surface area contributed by atoms with Gasteiger partial charge in [0, 0.05) is 90.3 Å². The Bertz CT molecular complexity index is 1850. The lowest BCUT2D eigenvalue weighted by atomic mass is 9.89. The number of hydrogen-bond acceptors (Lipinski definition) is 7. The van der Waals surface area contributed by atoms with E-state index >= 15 is 0 Å². The smallest absolute Gasteiger partial charge is 0.485 e. The first-order valence-corrected chi connectivity index (χ1v) is 19.3. The number of benzene rings is 4. The summed E-state index contributed by atoms with van der Waals surface area (Å²) in [6, 6.07) is 35.4. The third kappa shape index (κ3) is 12.6. The lowest BCUT2D eigenvalue weighted by Crippen LogP contribution is -2.21. The van der Waals surface area contributed by atoms with Crippen LogP contribution in [0.15, 0.2) is 115 Å². The van der Waals surface area contributed by atoms with E-state index in [4.69, 9.17) is 13.0 Å². The maximum Gasteiger partial charge on any atom is 0.485 e. The number of nitrogens with zero attached hydrogens (tertiary/aromatic N) is 4. The molecule has 4 rings (SSSR count). The molecular weight excluding hydrogens is 710 g/mol. The molecule has 0 aliphatic carbocycles. The van der Waals surface area contributed by atoms with Crippen molar-refractivity contribution in [2.45, 2.75) is 38.1 Å². The van der Waals surface area contributed by atoms with E-state index in [1.807, 2.05) is 0 Å². The number of alkyl halides is 3. The first-order chi connectivity index (χ1) is 25.4. The summed E-state index contributed by atoms with van der Waals surface area (Å²) < 4.78 is 58.9. The van der Waals surface area contributed by atoms with E-state index in [0.29, 0.717) is 0 Å². The summed E-state index contributed by atoms with van der Waals surface area (Å²) in [5, 5.41) is 0. The average molecular weight is 763 g/mol. The van der Waals surface area contributed by atoms with Gasteiger partial charge in [0.25, 0.3) is 0 Å². The predicted octanol–water partition coefficient (Wildman–Crippen LogP) is 9.61. The zero-order valence-electron chi connectivity index (χ0n) is 32.6. The molecule has 7 nitrogen and oxygen atoms in total. The number of rotatable bonds is 15. The summed E-state index contributed by atoms with van der Waals surface area (Å²) in [4.78, 5) is 8.85. The number of hydrogen-bond donors (Lipinski definition) is 0. The average Bonchev–Trinajstić information content (AvgIpc) is 3.13. The molecule has 0 aliphatic rings. The second-order valence-electron chi connectivity index (χ2n) is 13.6. The van der Waals surface area contributed by atoms with Gasteiger partial charge < -0.3 is 24.2 Å². The Morgan fingerprint density at radius 2 is 1.13 bits per heavy atom. The van der Waals surface area contributed by atoms with Crippen molar-refractivity contribution in [1.82, 2.24) is 0 Å². The van der Waals surface area contributed by atoms with Crippen molar-refractivity contribution >= 4 is 38.4 Å². The van der Waals surface area contributed by atoms with Gasteiger partial charge in [-0.1, -0.05) is 56.5 Å². The third-order valence-corrected chi connectivity index (χ3v) is 9.41. The third-order valence-electron chi connectivity index (χ3n) is 8.85. The molecule has 0 amide bonds. The number of halogens is 3. The van der Waals surface area contributed by atoms with Gasteiger partial charge >= 0.3 is 5.51 Å². The zero-order valence-corrected chi connectivity index (χ0v) is 33.4. The highest BCUT2D eigenvalue weighted by Crippen LogP contribution is 2.34. The number of unbranched alkanes of at least 4 members (excludes halogenated alkanes) is 3. The molecule has 0 saturated heterocycles. The van der Waals surface area contributed by atoms with Gasteiger partial charge in [-0.25, -0.2) is 8.42 Å². The Balaban J connectivity index is 0.000000879. The van der Waals surface area contributed by atoms with Crippen LogP contribution < -0.4 is 19.6 Å². The molecule has 0 fully saturated rings. The van der Waals surface area contributed by atoms with Gasteiger partial charge in [0.15, 0.2) is 10.1 Å². The van der Waals surface area contributed by atoms with Gasteiger partial charge in [0.2, 0.25) is 0 Å². The summed E-state index contributed by atoms with van der Waals surface area (Å²) in [5.74, 6) is 1.19. The number of allylic oxidation sites excluding steroid dienone is 3.